The topological polar surface area (TPSA) is 49.4 Å². The third kappa shape index (κ3) is 3.90. The van der Waals surface area contributed by atoms with Crippen LogP contribution in [0.3, 0.4) is 0 Å². The van der Waals surface area contributed by atoms with E-state index in [-0.39, 0.29) is 17.4 Å². The molecule has 162 valence electrons. The van der Waals surface area contributed by atoms with Crippen LogP contribution in [0, 0.1) is 30.1 Å². The Labute approximate surface area is 184 Å². The van der Waals surface area contributed by atoms with Crippen molar-refractivity contribution in [1.82, 2.24) is 10.2 Å². The predicted octanol–water partition coefficient (Wildman–Crippen LogP) is 4.41. The maximum Gasteiger partial charge on any atom is 0.242 e. The molecule has 0 aromatic heterocycles. The molecule has 4 saturated carbocycles. The maximum absolute atomic E-state index is 13.7. The van der Waals surface area contributed by atoms with Crippen LogP contribution in [0.4, 0.5) is 0 Å². The van der Waals surface area contributed by atoms with E-state index in [9.17, 15) is 9.59 Å². The molecule has 1 aromatic rings. The Morgan fingerprint density at radius 3 is 2.33 bits per heavy atom. The largest absolute Gasteiger partial charge is 0.353 e. The summed E-state index contributed by atoms with van der Waals surface area (Å²) in [6.07, 6.45) is 9.03. The molecule has 4 nitrogen and oxygen atoms in total. The minimum Gasteiger partial charge on any atom is -0.353 e. The number of benzene rings is 1. The summed E-state index contributed by atoms with van der Waals surface area (Å²) in [5.74, 6) is 3.49. The molecule has 1 unspecified atom stereocenters. The van der Waals surface area contributed by atoms with Gasteiger partial charge in [0.25, 0.3) is 0 Å². The first-order valence-corrected chi connectivity index (χ1v) is 12.8. The van der Waals surface area contributed by atoms with Gasteiger partial charge in [0.1, 0.15) is 6.04 Å². The highest BCUT2D eigenvalue weighted by atomic mass is 32.2. The highest BCUT2D eigenvalue weighted by Crippen LogP contribution is 2.60. The van der Waals surface area contributed by atoms with E-state index in [1.807, 2.05) is 4.90 Å². The van der Waals surface area contributed by atoms with E-state index < -0.39 is 0 Å². The Bertz CT molecular complexity index is 771. The molecule has 4 bridgehead atoms. The van der Waals surface area contributed by atoms with E-state index in [1.165, 1.54) is 29.7 Å². The van der Waals surface area contributed by atoms with Gasteiger partial charge in [0, 0.05) is 23.7 Å². The number of carbonyl (C=O) groups excluding carboxylic acids is 2. The van der Waals surface area contributed by atoms with E-state index in [4.69, 9.17) is 0 Å². The van der Waals surface area contributed by atoms with Crippen molar-refractivity contribution in [1.29, 1.82) is 0 Å². The SMILES string of the molecule is Cc1ccc(SCCNC(=O)C2CCCN2C(=O)C23CC4CC(CC(C4)C2)C3)cc1. The Hall–Kier alpha value is -1.49. The number of carbonyl (C=O) groups is 2. The molecule has 5 fully saturated rings. The fourth-order valence-electron chi connectivity index (χ4n) is 7.06. The minimum absolute atomic E-state index is 0.0510. The second-order valence-corrected chi connectivity index (χ2v) is 11.5. The zero-order chi connectivity index (χ0) is 20.7. The Balaban J connectivity index is 1.16. The summed E-state index contributed by atoms with van der Waals surface area (Å²) in [6.45, 7) is 3.50. The number of nitrogens with zero attached hydrogens (tertiary/aromatic N) is 1. The lowest BCUT2D eigenvalue weighted by Crippen LogP contribution is -2.57. The van der Waals surface area contributed by atoms with Crippen LogP contribution < -0.4 is 5.32 Å². The molecule has 1 aromatic carbocycles. The molecule has 0 radical (unpaired) electrons. The smallest absolute Gasteiger partial charge is 0.242 e. The standard InChI is InChI=1S/C25H34N2O2S/c1-17-4-6-21(7-5-17)30-10-8-26-23(28)22-3-2-9-27(22)24(29)25-14-18-11-19(15-25)13-20(12-18)16-25/h4-7,18-20,22H,2-3,8-16H2,1H3,(H,26,28). The number of amides is 2. The molecule has 1 atom stereocenters. The third-order valence-electron chi connectivity index (χ3n) is 8.00. The summed E-state index contributed by atoms with van der Waals surface area (Å²) in [5.41, 5.74) is 1.12. The summed E-state index contributed by atoms with van der Waals surface area (Å²) in [7, 11) is 0. The Kier molecular flexibility index (Phi) is 5.59. The number of aryl methyl sites for hydroxylation is 1. The van der Waals surface area contributed by atoms with Gasteiger partial charge in [0.15, 0.2) is 0 Å². The first kappa shape index (κ1) is 20.4. The van der Waals surface area contributed by atoms with E-state index in [0.29, 0.717) is 12.5 Å². The molecule has 5 aliphatic rings. The number of nitrogens with one attached hydrogen (secondary N) is 1. The van der Waals surface area contributed by atoms with Gasteiger partial charge in [-0.1, -0.05) is 17.7 Å². The molecule has 2 amide bonds. The molecular formula is C25H34N2O2S. The van der Waals surface area contributed by atoms with Crippen molar-refractivity contribution in [3.8, 4) is 0 Å². The van der Waals surface area contributed by atoms with Gasteiger partial charge in [-0.25, -0.2) is 0 Å². The summed E-state index contributed by atoms with van der Waals surface area (Å²) in [4.78, 5) is 29.8. The van der Waals surface area contributed by atoms with Crippen LogP contribution in [0.1, 0.15) is 56.9 Å². The molecule has 5 heteroatoms. The highest BCUT2D eigenvalue weighted by molar-refractivity contribution is 7.99. The molecule has 4 aliphatic carbocycles. The number of hydrogen-bond acceptors (Lipinski definition) is 3. The second kappa shape index (κ2) is 8.22. The molecule has 0 spiro atoms. The number of rotatable bonds is 6. The van der Waals surface area contributed by atoms with Crippen molar-refractivity contribution >= 4 is 23.6 Å². The van der Waals surface area contributed by atoms with Crippen LogP contribution in [-0.4, -0.2) is 41.6 Å². The maximum atomic E-state index is 13.7. The van der Waals surface area contributed by atoms with Crippen LogP contribution in [0.25, 0.3) is 0 Å². The summed E-state index contributed by atoms with van der Waals surface area (Å²) >= 11 is 1.76. The van der Waals surface area contributed by atoms with Gasteiger partial charge in [-0.05, 0) is 88.2 Å². The monoisotopic (exact) mass is 426 g/mol. The molecule has 1 saturated heterocycles. The average Bonchev–Trinajstić information content (AvgIpc) is 3.20. The predicted molar refractivity (Wildman–Crippen MR) is 120 cm³/mol. The molecule has 1 heterocycles. The van der Waals surface area contributed by atoms with Crippen molar-refractivity contribution in [2.75, 3.05) is 18.8 Å². The average molecular weight is 427 g/mol. The van der Waals surface area contributed by atoms with E-state index in [2.05, 4.69) is 36.5 Å². The van der Waals surface area contributed by atoms with Crippen molar-refractivity contribution in [3.63, 3.8) is 0 Å². The number of hydrogen-bond donors (Lipinski definition) is 1. The Morgan fingerprint density at radius 1 is 1.07 bits per heavy atom. The molecular weight excluding hydrogens is 392 g/mol. The zero-order valence-electron chi connectivity index (χ0n) is 18.1. The summed E-state index contributed by atoms with van der Waals surface area (Å²) in [6, 6.07) is 8.24. The van der Waals surface area contributed by atoms with Crippen molar-refractivity contribution in [2.24, 2.45) is 23.2 Å². The van der Waals surface area contributed by atoms with Crippen molar-refractivity contribution < 1.29 is 9.59 Å². The fraction of sp³-hybridized carbons (Fsp3) is 0.680. The normalized spacial score (nSPS) is 34.4. The number of thioether (sulfide) groups is 1. The van der Waals surface area contributed by atoms with Crippen molar-refractivity contribution in [3.05, 3.63) is 29.8 Å². The molecule has 1 aliphatic heterocycles. The van der Waals surface area contributed by atoms with Crippen LogP contribution >= 0.6 is 11.8 Å². The lowest BCUT2D eigenvalue weighted by Gasteiger charge is -2.56. The van der Waals surface area contributed by atoms with Crippen LogP contribution in [0.15, 0.2) is 29.2 Å². The van der Waals surface area contributed by atoms with Gasteiger partial charge >= 0.3 is 0 Å². The molecule has 30 heavy (non-hydrogen) atoms. The highest BCUT2D eigenvalue weighted by Gasteiger charge is 2.56. The molecule has 6 rings (SSSR count). The van der Waals surface area contributed by atoms with Crippen molar-refractivity contribution in [2.45, 2.75) is 69.2 Å². The van der Waals surface area contributed by atoms with Gasteiger partial charge in [0.05, 0.1) is 5.41 Å². The van der Waals surface area contributed by atoms with E-state index in [0.717, 1.165) is 62.2 Å². The first-order valence-electron chi connectivity index (χ1n) is 11.8. The summed E-state index contributed by atoms with van der Waals surface area (Å²) in [5, 5.41) is 3.11. The van der Waals surface area contributed by atoms with Crippen LogP contribution in [0.2, 0.25) is 0 Å². The van der Waals surface area contributed by atoms with Crippen LogP contribution in [0.5, 0.6) is 0 Å². The third-order valence-corrected chi connectivity index (χ3v) is 9.01. The lowest BCUT2D eigenvalue weighted by atomic mass is 9.49. The van der Waals surface area contributed by atoms with Gasteiger partial charge in [-0.3, -0.25) is 9.59 Å². The lowest BCUT2D eigenvalue weighted by molar-refractivity contribution is -0.160. The zero-order valence-corrected chi connectivity index (χ0v) is 18.9. The fourth-order valence-corrected chi connectivity index (χ4v) is 7.82. The van der Waals surface area contributed by atoms with E-state index in [1.54, 1.807) is 11.8 Å². The van der Waals surface area contributed by atoms with Gasteiger partial charge < -0.3 is 10.2 Å². The number of likely N-dealkylation sites (tertiary alicyclic amines) is 1. The van der Waals surface area contributed by atoms with Gasteiger partial charge in [-0.2, -0.15) is 0 Å². The van der Waals surface area contributed by atoms with E-state index >= 15 is 0 Å². The summed E-state index contributed by atoms with van der Waals surface area (Å²) < 4.78 is 0. The first-order chi connectivity index (χ1) is 14.5. The van der Waals surface area contributed by atoms with Gasteiger partial charge in [-0.15, -0.1) is 11.8 Å². The Morgan fingerprint density at radius 2 is 1.70 bits per heavy atom. The second-order valence-electron chi connectivity index (χ2n) is 10.3. The molecule has 1 N–H and O–H groups in total. The van der Waals surface area contributed by atoms with Crippen LogP contribution in [-0.2, 0) is 9.59 Å². The van der Waals surface area contributed by atoms with Gasteiger partial charge in [0.2, 0.25) is 11.8 Å². The minimum atomic E-state index is -0.255. The quantitative estimate of drug-likeness (QED) is 0.541.